The number of rotatable bonds is 10. The molecule has 0 atom stereocenters. The highest BCUT2D eigenvalue weighted by Crippen LogP contribution is 2.35. The first-order valence-electron chi connectivity index (χ1n) is 11.3. The summed E-state index contributed by atoms with van der Waals surface area (Å²) < 4.78 is 26.4. The average molecular weight is 437 g/mol. The molecule has 32 heavy (non-hydrogen) atoms. The summed E-state index contributed by atoms with van der Waals surface area (Å²) in [6.45, 7) is 5.54. The Morgan fingerprint density at radius 2 is 1.91 bits per heavy atom. The summed E-state index contributed by atoms with van der Waals surface area (Å²) in [5.41, 5.74) is 4.08. The molecular weight excluding hydrogens is 404 g/mol. The monoisotopic (exact) mass is 436 g/mol. The first-order chi connectivity index (χ1) is 16.1. The molecule has 8 nitrogen and oxygen atoms in total. The topological polar surface area (TPSA) is 105 Å². The smallest absolute Gasteiger partial charge is 0.222 e. The van der Waals surface area contributed by atoms with Crippen molar-refractivity contribution in [2.24, 2.45) is 0 Å². The lowest BCUT2D eigenvalue weighted by Crippen LogP contribution is -2.17. The fraction of sp³-hybridized carbons (Fsp3) is 0.333. The Morgan fingerprint density at radius 3 is 2.56 bits per heavy atom. The molecule has 0 bridgehead atoms. The largest absolute Gasteiger partial charge is 0.481 e. The van der Waals surface area contributed by atoms with Crippen LogP contribution >= 0.6 is 0 Å². The van der Waals surface area contributed by atoms with Crippen LogP contribution in [-0.4, -0.2) is 40.4 Å². The molecular formula is C24H30N6O2. The Bertz CT molecular complexity index is 1160. The van der Waals surface area contributed by atoms with Gasteiger partial charge in [-0.05, 0) is 52.0 Å². The van der Waals surface area contributed by atoms with Crippen molar-refractivity contribution in [1.82, 2.24) is 15.0 Å². The standard InChI is InChI=1S/C24H30N6O2/c1-6-32-24-18(10-8-12-27-24)19-13-20(22(29-15(2)3)21(30-19)16(4)25)28-14-17-9-7-11-26-23(17)31-5/h7-13,15,25,29H,6,14H2,1-5H3,(H,28,30)/i6D2. The Morgan fingerprint density at radius 1 is 1.19 bits per heavy atom. The number of hydrogen-bond acceptors (Lipinski definition) is 8. The molecule has 3 aromatic rings. The molecule has 3 N–H and O–H groups in total. The van der Waals surface area contributed by atoms with Crippen molar-refractivity contribution in [3.05, 3.63) is 54.0 Å². The molecule has 0 saturated carbocycles. The Hall–Kier alpha value is -3.68. The summed E-state index contributed by atoms with van der Waals surface area (Å²) in [5.74, 6) is 0.653. The number of nitrogens with zero attached hydrogens (tertiary/aromatic N) is 3. The Labute approximate surface area is 191 Å². The summed E-state index contributed by atoms with van der Waals surface area (Å²) in [6, 6.07) is 9.22. The van der Waals surface area contributed by atoms with Gasteiger partial charge >= 0.3 is 0 Å². The van der Waals surface area contributed by atoms with Gasteiger partial charge in [-0.3, -0.25) is 0 Å². The first kappa shape index (κ1) is 20.2. The quantitative estimate of drug-likeness (QED) is 0.393. The van der Waals surface area contributed by atoms with Gasteiger partial charge in [0.25, 0.3) is 0 Å². The fourth-order valence-electron chi connectivity index (χ4n) is 3.23. The van der Waals surface area contributed by atoms with Crippen molar-refractivity contribution >= 4 is 17.1 Å². The highest BCUT2D eigenvalue weighted by molar-refractivity contribution is 6.03. The fourth-order valence-corrected chi connectivity index (χ4v) is 3.23. The van der Waals surface area contributed by atoms with E-state index in [4.69, 9.17) is 22.6 Å². The maximum Gasteiger partial charge on any atom is 0.222 e. The van der Waals surface area contributed by atoms with Crippen LogP contribution in [0.1, 0.15) is 41.7 Å². The summed E-state index contributed by atoms with van der Waals surface area (Å²) in [4.78, 5) is 13.2. The van der Waals surface area contributed by atoms with Gasteiger partial charge in [0.2, 0.25) is 11.8 Å². The van der Waals surface area contributed by atoms with Gasteiger partial charge in [0.1, 0.15) is 5.69 Å². The molecule has 0 spiro atoms. The summed E-state index contributed by atoms with van der Waals surface area (Å²) in [6.07, 6.45) is 3.21. The van der Waals surface area contributed by atoms with E-state index < -0.39 is 6.56 Å². The van der Waals surface area contributed by atoms with Gasteiger partial charge in [-0.25, -0.2) is 15.0 Å². The number of aromatic nitrogens is 3. The maximum absolute atomic E-state index is 8.37. The van der Waals surface area contributed by atoms with Gasteiger partial charge in [-0.15, -0.1) is 0 Å². The van der Waals surface area contributed by atoms with Crippen LogP contribution < -0.4 is 20.1 Å². The van der Waals surface area contributed by atoms with Crippen molar-refractivity contribution in [3.8, 4) is 23.0 Å². The third-order valence-electron chi connectivity index (χ3n) is 4.57. The maximum atomic E-state index is 8.37. The highest BCUT2D eigenvalue weighted by Gasteiger charge is 2.19. The molecule has 0 aliphatic heterocycles. The summed E-state index contributed by atoms with van der Waals surface area (Å²) in [7, 11) is 1.58. The zero-order valence-electron chi connectivity index (χ0n) is 21.0. The van der Waals surface area contributed by atoms with Crippen molar-refractivity contribution < 1.29 is 12.2 Å². The van der Waals surface area contributed by atoms with Crippen LogP contribution in [0.5, 0.6) is 11.8 Å². The number of methoxy groups -OCH3 is 1. The van der Waals surface area contributed by atoms with Gasteiger partial charge in [0, 0.05) is 30.5 Å². The zero-order chi connectivity index (χ0) is 24.9. The summed E-state index contributed by atoms with van der Waals surface area (Å²) >= 11 is 0. The van der Waals surface area contributed by atoms with Crippen molar-refractivity contribution in [1.29, 1.82) is 5.41 Å². The van der Waals surface area contributed by atoms with Gasteiger partial charge in [-0.1, -0.05) is 6.07 Å². The molecule has 8 heteroatoms. The minimum atomic E-state index is -1.92. The highest BCUT2D eigenvalue weighted by atomic mass is 16.5. The number of anilines is 2. The second-order valence-electron chi connectivity index (χ2n) is 7.39. The van der Waals surface area contributed by atoms with E-state index in [0.29, 0.717) is 35.1 Å². The Balaban J connectivity index is 2.13. The van der Waals surface area contributed by atoms with Crippen LogP contribution in [0.2, 0.25) is 0 Å². The van der Waals surface area contributed by atoms with Crippen molar-refractivity contribution in [2.75, 3.05) is 24.3 Å². The Kier molecular flexibility index (Phi) is 6.68. The lowest BCUT2D eigenvalue weighted by atomic mass is 10.1. The van der Waals surface area contributed by atoms with Crippen LogP contribution in [0, 0.1) is 5.41 Å². The van der Waals surface area contributed by atoms with Gasteiger partial charge in [0.05, 0.1) is 44.8 Å². The number of ether oxygens (including phenoxy) is 2. The molecule has 3 aromatic heterocycles. The molecule has 0 saturated heterocycles. The van der Waals surface area contributed by atoms with E-state index >= 15 is 0 Å². The second kappa shape index (κ2) is 10.6. The number of pyridine rings is 3. The molecule has 0 fully saturated rings. The molecule has 0 unspecified atom stereocenters. The number of hydrogen-bond donors (Lipinski definition) is 3. The van der Waals surface area contributed by atoms with E-state index in [2.05, 4.69) is 20.6 Å². The van der Waals surface area contributed by atoms with Crippen molar-refractivity contribution in [3.63, 3.8) is 0 Å². The third kappa shape index (κ3) is 5.32. The average Bonchev–Trinajstić information content (AvgIpc) is 2.77. The minimum absolute atomic E-state index is 0.101. The van der Waals surface area contributed by atoms with Crippen molar-refractivity contribution in [2.45, 2.75) is 40.3 Å². The van der Waals surface area contributed by atoms with E-state index in [9.17, 15) is 0 Å². The molecule has 0 amide bonds. The van der Waals surface area contributed by atoms with E-state index in [-0.39, 0.29) is 17.6 Å². The zero-order valence-corrected chi connectivity index (χ0v) is 19.0. The molecule has 168 valence electrons. The second-order valence-corrected chi connectivity index (χ2v) is 7.39. The van der Waals surface area contributed by atoms with Gasteiger partial charge < -0.3 is 25.5 Å². The van der Waals surface area contributed by atoms with Crippen LogP contribution in [0.3, 0.4) is 0 Å². The molecule has 0 aliphatic rings. The van der Waals surface area contributed by atoms with Crippen LogP contribution in [0.15, 0.2) is 42.7 Å². The van der Waals surface area contributed by atoms with E-state index in [1.165, 1.54) is 13.1 Å². The molecule has 3 heterocycles. The predicted molar refractivity (Wildman–Crippen MR) is 128 cm³/mol. The molecule has 0 aromatic carbocycles. The first-order valence-corrected chi connectivity index (χ1v) is 10.3. The normalized spacial score (nSPS) is 12.1. The van der Waals surface area contributed by atoms with Crippen LogP contribution in [-0.2, 0) is 6.54 Å². The minimum Gasteiger partial charge on any atom is -0.481 e. The molecule has 0 aliphatic carbocycles. The van der Waals surface area contributed by atoms with E-state index in [1.54, 1.807) is 32.4 Å². The van der Waals surface area contributed by atoms with Gasteiger partial charge in [0.15, 0.2) is 0 Å². The summed E-state index contributed by atoms with van der Waals surface area (Å²) in [5, 5.41) is 15.2. The lowest BCUT2D eigenvalue weighted by molar-refractivity contribution is 0.328. The van der Waals surface area contributed by atoms with E-state index in [0.717, 1.165) is 11.3 Å². The van der Waals surface area contributed by atoms with Crippen LogP contribution in [0.25, 0.3) is 11.3 Å². The number of nitrogens with one attached hydrogen (secondary N) is 3. The van der Waals surface area contributed by atoms with Crippen LogP contribution in [0.4, 0.5) is 11.4 Å². The molecule has 0 radical (unpaired) electrons. The lowest BCUT2D eigenvalue weighted by Gasteiger charge is -2.21. The SMILES string of the molecule is [2H]C([2H])(C)Oc1ncccc1-c1cc(NCc2cccnc2OC)c(NC(C)C)c(C(C)=N)n1. The van der Waals surface area contributed by atoms with E-state index in [1.807, 2.05) is 32.0 Å². The predicted octanol–water partition coefficient (Wildman–Crippen LogP) is 4.77. The van der Waals surface area contributed by atoms with Gasteiger partial charge in [-0.2, -0.15) is 0 Å². The third-order valence-corrected chi connectivity index (χ3v) is 4.57. The molecule has 3 rings (SSSR count).